The molecule has 1 aromatic rings. The molecule has 0 saturated carbocycles. The van der Waals surface area contributed by atoms with E-state index in [1.54, 1.807) is 12.1 Å². The van der Waals surface area contributed by atoms with Crippen LogP contribution in [0.2, 0.25) is 0 Å². The number of piperazine rings is 1. The first-order chi connectivity index (χ1) is 11.6. The number of imide groups is 1. The zero-order valence-corrected chi connectivity index (χ0v) is 13.8. The molecule has 3 amide bonds. The van der Waals surface area contributed by atoms with Crippen molar-refractivity contribution >= 4 is 17.6 Å². The summed E-state index contributed by atoms with van der Waals surface area (Å²) in [5.41, 5.74) is 0.970. The lowest BCUT2D eigenvalue weighted by Gasteiger charge is -2.35. The Morgan fingerprint density at radius 2 is 1.83 bits per heavy atom. The SMILES string of the molecule is COCCNC(=O)NC(=O)CN1CCN(c2ccc(F)cc2)CC1. The number of rotatable bonds is 6. The number of halogens is 1. The van der Waals surface area contributed by atoms with Crippen molar-refractivity contribution in [3.05, 3.63) is 30.1 Å². The van der Waals surface area contributed by atoms with Crippen LogP contribution < -0.4 is 15.5 Å². The molecule has 1 saturated heterocycles. The van der Waals surface area contributed by atoms with E-state index >= 15 is 0 Å². The molecule has 1 aliphatic heterocycles. The van der Waals surface area contributed by atoms with Crippen molar-refractivity contribution in [1.82, 2.24) is 15.5 Å². The maximum Gasteiger partial charge on any atom is 0.321 e. The van der Waals surface area contributed by atoms with Gasteiger partial charge in [0, 0.05) is 45.5 Å². The molecule has 0 radical (unpaired) electrons. The molecule has 1 fully saturated rings. The Morgan fingerprint density at radius 3 is 2.46 bits per heavy atom. The molecule has 0 unspecified atom stereocenters. The third-order valence-corrected chi connectivity index (χ3v) is 3.78. The van der Waals surface area contributed by atoms with Gasteiger partial charge >= 0.3 is 6.03 Å². The van der Waals surface area contributed by atoms with Crippen LogP contribution in [0.3, 0.4) is 0 Å². The van der Waals surface area contributed by atoms with Gasteiger partial charge in [0.1, 0.15) is 5.82 Å². The van der Waals surface area contributed by atoms with Crippen molar-refractivity contribution in [2.75, 3.05) is 57.9 Å². The highest BCUT2D eigenvalue weighted by Gasteiger charge is 2.20. The van der Waals surface area contributed by atoms with Gasteiger partial charge in [0.15, 0.2) is 0 Å². The summed E-state index contributed by atoms with van der Waals surface area (Å²) >= 11 is 0. The van der Waals surface area contributed by atoms with Crippen molar-refractivity contribution in [2.24, 2.45) is 0 Å². The van der Waals surface area contributed by atoms with Gasteiger partial charge in [0.05, 0.1) is 13.2 Å². The van der Waals surface area contributed by atoms with Gasteiger partial charge in [-0.05, 0) is 24.3 Å². The van der Waals surface area contributed by atoms with Crippen LogP contribution in [-0.4, -0.2) is 69.8 Å². The predicted octanol–water partition coefficient (Wildman–Crippen LogP) is 0.420. The average molecular weight is 338 g/mol. The van der Waals surface area contributed by atoms with E-state index in [9.17, 15) is 14.0 Å². The van der Waals surface area contributed by atoms with Gasteiger partial charge in [-0.3, -0.25) is 15.0 Å². The quantitative estimate of drug-likeness (QED) is 0.736. The zero-order valence-electron chi connectivity index (χ0n) is 13.8. The highest BCUT2D eigenvalue weighted by atomic mass is 19.1. The smallest absolute Gasteiger partial charge is 0.321 e. The number of carbonyl (C=O) groups excluding carboxylic acids is 2. The third kappa shape index (κ3) is 5.78. The summed E-state index contributed by atoms with van der Waals surface area (Å²) in [6, 6.07) is 5.88. The number of benzene rings is 1. The minimum atomic E-state index is -0.512. The first-order valence-corrected chi connectivity index (χ1v) is 7.88. The van der Waals surface area contributed by atoms with E-state index < -0.39 is 6.03 Å². The molecule has 1 heterocycles. The monoisotopic (exact) mass is 338 g/mol. The summed E-state index contributed by atoms with van der Waals surface area (Å²) in [6.07, 6.45) is 0. The van der Waals surface area contributed by atoms with Crippen LogP contribution in [0.5, 0.6) is 0 Å². The van der Waals surface area contributed by atoms with Gasteiger partial charge in [-0.25, -0.2) is 9.18 Å². The Morgan fingerprint density at radius 1 is 1.17 bits per heavy atom. The number of amides is 3. The zero-order chi connectivity index (χ0) is 17.4. The Hall–Kier alpha value is -2.19. The maximum absolute atomic E-state index is 13.0. The van der Waals surface area contributed by atoms with Crippen LogP contribution in [0.15, 0.2) is 24.3 Å². The van der Waals surface area contributed by atoms with E-state index in [4.69, 9.17) is 4.74 Å². The molecular formula is C16H23FN4O3. The minimum absolute atomic E-state index is 0.176. The summed E-state index contributed by atoms with van der Waals surface area (Å²) in [7, 11) is 1.54. The van der Waals surface area contributed by atoms with Crippen LogP contribution in [0.1, 0.15) is 0 Å². The Labute approximate surface area is 140 Å². The topological polar surface area (TPSA) is 73.9 Å². The summed E-state index contributed by atoms with van der Waals surface area (Å²) < 4.78 is 17.8. The molecule has 0 bridgehead atoms. The normalized spacial score (nSPS) is 15.2. The number of urea groups is 1. The molecule has 2 rings (SSSR count). The fourth-order valence-corrected chi connectivity index (χ4v) is 2.50. The predicted molar refractivity (Wildman–Crippen MR) is 88.5 cm³/mol. The van der Waals surface area contributed by atoms with Gasteiger partial charge in [-0.1, -0.05) is 0 Å². The molecule has 7 nitrogen and oxygen atoms in total. The number of carbonyl (C=O) groups is 2. The number of hydrogen-bond donors (Lipinski definition) is 2. The molecular weight excluding hydrogens is 315 g/mol. The van der Waals surface area contributed by atoms with E-state index in [1.165, 1.54) is 19.2 Å². The van der Waals surface area contributed by atoms with Crippen LogP contribution >= 0.6 is 0 Å². The fourth-order valence-electron chi connectivity index (χ4n) is 2.50. The fraction of sp³-hybridized carbons (Fsp3) is 0.500. The number of nitrogens with zero attached hydrogens (tertiary/aromatic N) is 2. The maximum atomic E-state index is 13.0. The van der Waals surface area contributed by atoms with Gasteiger partial charge < -0.3 is 15.0 Å². The summed E-state index contributed by atoms with van der Waals surface area (Å²) in [4.78, 5) is 27.4. The first-order valence-electron chi connectivity index (χ1n) is 7.88. The van der Waals surface area contributed by atoms with Crippen molar-refractivity contribution in [1.29, 1.82) is 0 Å². The van der Waals surface area contributed by atoms with Crippen LogP contribution in [0, 0.1) is 5.82 Å². The van der Waals surface area contributed by atoms with Crippen LogP contribution in [-0.2, 0) is 9.53 Å². The molecule has 0 atom stereocenters. The number of methoxy groups -OCH3 is 1. The lowest BCUT2D eigenvalue weighted by molar-refractivity contribution is -0.121. The van der Waals surface area contributed by atoms with Crippen LogP contribution in [0.4, 0.5) is 14.9 Å². The van der Waals surface area contributed by atoms with E-state index in [0.29, 0.717) is 26.2 Å². The first kappa shape index (κ1) is 18.2. The molecule has 0 aliphatic carbocycles. The second kappa shape index (κ2) is 9.19. The van der Waals surface area contributed by atoms with Crippen LogP contribution in [0.25, 0.3) is 0 Å². The molecule has 0 aromatic heterocycles. The molecule has 2 N–H and O–H groups in total. The molecule has 132 valence electrons. The number of anilines is 1. The van der Waals surface area contributed by atoms with Gasteiger partial charge in [-0.15, -0.1) is 0 Å². The van der Waals surface area contributed by atoms with Crippen molar-refractivity contribution in [3.63, 3.8) is 0 Å². The lowest BCUT2D eigenvalue weighted by atomic mass is 10.2. The van der Waals surface area contributed by atoms with Gasteiger partial charge in [0.25, 0.3) is 0 Å². The third-order valence-electron chi connectivity index (χ3n) is 3.78. The number of nitrogens with one attached hydrogen (secondary N) is 2. The van der Waals surface area contributed by atoms with E-state index in [1.807, 2.05) is 4.90 Å². The average Bonchev–Trinajstić information content (AvgIpc) is 2.56. The Bertz CT molecular complexity index is 545. The Balaban J connectivity index is 1.69. The van der Waals surface area contributed by atoms with E-state index in [0.717, 1.165) is 18.8 Å². The summed E-state index contributed by atoms with van der Waals surface area (Å²) in [6.45, 7) is 3.83. The van der Waals surface area contributed by atoms with E-state index in [-0.39, 0.29) is 18.3 Å². The Kier molecular flexibility index (Phi) is 6.95. The minimum Gasteiger partial charge on any atom is -0.383 e. The van der Waals surface area contributed by atoms with Gasteiger partial charge in [-0.2, -0.15) is 0 Å². The summed E-state index contributed by atoms with van der Waals surface area (Å²) in [5.74, 6) is -0.585. The molecule has 1 aliphatic rings. The van der Waals surface area contributed by atoms with Crippen molar-refractivity contribution < 1.29 is 18.7 Å². The van der Waals surface area contributed by atoms with Crippen molar-refractivity contribution in [3.8, 4) is 0 Å². The second-order valence-corrected chi connectivity index (χ2v) is 5.54. The molecule has 1 aromatic carbocycles. The highest BCUT2D eigenvalue weighted by Crippen LogP contribution is 2.16. The molecule has 0 spiro atoms. The second-order valence-electron chi connectivity index (χ2n) is 5.54. The lowest BCUT2D eigenvalue weighted by Crippen LogP contribution is -2.51. The van der Waals surface area contributed by atoms with Gasteiger partial charge in [0.2, 0.25) is 5.91 Å². The number of ether oxygens (including phenoxy) is 1. The standard InChI is InChI=1S/C16H23FN4O3/c1-24-11-6-18-16(23)19-15(22)12-20-7-9-21(10-8-20)14-4-2-13(17)3-5-14/h2-5H,6-12H2,1H3,(H2,18,19,22,23). The largest absolute Gasteiger partial charge is 0.383 e. The molecule has 24 heavy (non-hydrogen) atoms. The highest BCUT2D eigenvalue weighted by molar-refractivity contribution is 5.95. The molecule has 8 heteroatoms. The van der Waals surface area contributed by atoms with Crippen molar-refractivity contribution in [2.45, 2.75) is 0 Å². The number of hydrogen-bond acceptors (Lipinski definition) is 5. The summed E-state index contributed by atoms with van der Waals surface area (Å²) in [5, 5.41) is 4.83. The van der Waals surface area contributed by atoms with E-state index in [2.05, 4.69) is 15.5 Å².